The number of phenols is 1. The van der Waals surface area contributed by atoms with Gasteiger partial charge in [-0.2, -0.15) is 5.26 Å². The molecule has 0 radical (unpaired) electrons. The topological polar surface area (TPSA) is 133 Å². The van der Waals surface area contributed by atoms with E-state index in [9.17, 15) is 9.90 Å². The highest BCUT2D eigenvalue weighted by Crippen LogP contribution is 2.40. The highest BCUT2D eigenvalue weighted by Gasteiger charge is 2.37. The summed E-state index contributed by atoms with van der Waals surface area (Å²) < 4.78 is 5.24. The number of nitrogens with two attached hydrogens (primary N) is 1. The summed E-state index contributed by atoms with van der Waals surface area (Å²) in [5.74, 6) is -0.0542. The normalized spacial score (nSPS) is 21.0. The van der Waals surface area contributed by atoms with Crippen molar-refractivity contribution in [3.05, 3.63) is 59.7 Å². The molecule has 8 nitrogen and oxygen atoms in total. The number of hydrogen-bond donors (Lipinski definition) is 4. The number of carbonyl (C=O) groups excluding carboxylic acids is 1. The highest BCUT2D eigenvalue weighted by atomic mass is 16.5. The molecular weight excluding hydrogens is 394 g/mol. The molecule has 1 amide bonds. The maximum Gasteiger partial charge on any atom is 0.258 e. The van der Waals surface area contributed by atoms with Gasteiger partial charge in [-0.25, -0.2) is 4.99 Å². The molecule has 0 spiro atoms. The molecule has 3 rings (SSSR count). The van der Waals surface area contributed by atoms with E-state index in [0.29, 0.717) is 12.3 Å². The van der Waals surface area contributed by atoms with Crippen molar-refractivity contribution < 1.29 is 14.6 Å². The quantitative estimate of drug-likeness (QED) is 0.245. The lowest BCUT2D eigenvalue weighted by molar-refractivity contribution is 0.0929. The second-order valence-electron chi connectivity index (χ2n) is 7.67. The minimum atomic E-state index is -0.382. The predicted octanol–water partition coefficient (Wildman–Crippen LogP) is 2.40. The van der Waals surface area contributed by atoms with Gasteiger partial charge in [0.1, 0.15) is 17.1 Å². The van der Waals surface area contributed by atoms with Crippen molar-refractivity contribution >= 4 is 11.9 Å². The maximum absolute atomic E-state index is 12.9. The summed E-state index contributed by atoms with van der Waals surface area (Å²) in [7, 11) is 1.46. The monoisotopic (exact) mass is 421 g/mol. The minimum absolute atomic E-state index is 0.0200. The van der Waals surface area contributed by atoms with E-state index in [1.165, 1.54) is 13.2 Å². The first-order valence-electron chi connectivity index (χ1n) is 10.2. The van der Waals surface area contributed by atoms with E-state index in [2.05, 4.69) is 27.8 Å². The fraction of sp³-hybridized carbons (Fsp3) is 0.348. The molecule has 0 unspecified atom stereocenters. The summed E-state index contributed by atoms with van der Waals surface area (Å²) in [5.41, 5.74) is 6.73. The molecule has 1 fully saturated rings. The molecule has 0 atom stereocenters. The number of nitriles is 1. The number of benzene rings is 2. The third-order valence-corrected chi connectivity index (χ3v) is 5.84. The number of ether oxygens (including phenoxy) is 1. The van der Waals surface area contributed by atoms with Crippen LogP contribution >= 0.6 is 0 Å². The number of carbonyl (C=O) groups is 1. The summed E-state index contributed by atoms with van der Waals surface area (Å²) in [4.78, 5) is 17.3. The third kappa shape index (κ3) is 5.07. The Kier molecular flexibility index (Phi) is 6.98. The van der Waals surface area contributed by atoms with Crippen LogP contribution in [0.2, 0.25) is 0 Å². The molecule has 8 heteroatoms. The Bertz CT molecular complexity index is 976. The van der Waals surface area contributed by atoms with Crippen molar-refractivity contribution in [3.8, 4) is 17.7 Å². The van der Waals surface area contributed by atoms with Crippen molar-refractivity contribution in [2.45, 2.75) is 37.1 Å². The van der Waals surface area contributed by atoms with Crippen LogP contribution in [0, 0.1) is 11.5 Å². The molecule has 0 saturated heterocycles. The lowest BCUT2D eigenvalue weighted by Gasteiger charge is -2.40. The molecule has 0 bridgehead atoms. The average Bonchev–Trinajstić information content (AvgIpc) is 2.79. The van der Waals surface area contributed by atoms with Crippen LogP contribution in [-0.4, -0.2) is 36.7 Å². The first kappa shape index (κ1) is 22.0. The predicted molar refractivity (Wildman–Crippen MR) is 118 cm³/mol. The summed E-state index contributed by atoms with van der Waals surface area (Å²) >= 11 is 0. The molecule has 1 saturated carbocycles. The molecular formula is C23H27N5O3. The number of amides is 1. The van der Waals surface area contributed by atoms with Crippen LogP contribution in [0.25, 0.3) is 0 Å². The molecule has 2 aromatic rings. The molecule has 162 valence electrons. The van der Waals surface area contributed by atoms with E-state index in [4.69, 9.17) is 15.7 Å². The lowest BCUT2D eigenvalue weighted by atomic mass is 9.68. The van der Waals surface area contributed by atoms with Gasteiger partial charge in [0.15, 0.2) is 6.19 Å². The van der Waals surface area contributed by atoms with E-state index in [1.807, 2.05) is 18.2 Å². The van der Waals surface area contributed by atoms with Crippen LogP contribution in [0.3, 0.4) is 0 Å². The number of rotatable bonds is 6. The van der Waals surface area contributed by atoms with Gasteiger partial charge >= 0.3 is 0 Å². The number of aliphatic imine (C=N–C) groups is 1. The van der Waals surface area contributed by atoms with Crippen LogP contribution < -0.4 is 21.1 Å². The van der Waals surface area contributed by atoms with Crippen molar-refractivity contribution in [3.63, 3.8) is 0 Å². The molecule has 1 aliphatic carbocycles. The minimum Gasteiger partial charge on any atom is -0.507 e. The molecule has 5 N–H and O–H groups in total. The lowest BCUT2D eigenvalue weighted by Crippen LogP contribution is -2.44. The SMILES string of the molecule is COc1cccc(O)c1C(=O)NCC1(c2ccccc2)CCC(N=C(N)NC#N)CC1. The Hall–Kier alpha value is -3.73. The molecule has 1 aliphatic rings. The Balaban J connectivity index is 1.79. The molecule has 31 heavy (non-hydrogen) atoms. The van der Waals surface area contributed by atoms with Gasteiger partial charge in [-0.15, -0.1) is 0 Å². The van der Waals surface area contributed by atoms with E-state index < -0.39 is 0 Å². The fourth-order valence-corrected chi connectivity index (χ4v) is 4.19. The van der Waals surface area contributed by atoms with Crippen LogP contribution in [0.15, 0.2) is 53.5 Å². The fourth-order valence-electron chi connectivity index (χ4n) is 4.19. The number of nitrogens with one attached hydrogen (secondary N) is 2. The summed E-state index contributed by atoms with van der Waals surface area (Å²) in [6.45, 7) is 0.412. The van der Waals surface area contributed by atoms with Crippen molar-refractivity contribution in [2.24, 2.45) is 10.7 Å². The molecule has 2 aromatic carbocycles. The Morgan fingerprint density at radius 3 is 2.61 bits per heavy atom. The Morgan fingerprint density at radius 2 is 1.97 bits per heavy atom. The van der Waals surface area contributed by atoms with Gasteiger partial charge in [0, 0.05) is 12.0 Å². The number of methoxy groups -OCH3 is 1. The Morgan fingerprint density at radius 1 is 1.26 bits per heavy atom. The number of nitrogens with zero attached hydrogens (tertiary/aromatic N) is 2. The van der Waals surface area contributed by atoms with E-state index in [-0.39, 0.29) is 34.6 Å². The van der Waals surface area contributed by atoms with Crippen LogP contribution in [0.4, 0.5) is 0 Å². The zero-order valence-corrected chi connectivity index (χ0v) is 17.5. The van der Waals surface area contributed by atoms with Gasteiger partial charge < -0.3 is 20.9 Å². The van der Waals surface area contributed by atoms with Crippen molar-refractivity contribution in [1.82, 2.24) is 10.6 Å². The Labute approximate surface area is 181 Å². The maximum atomic E-state index is 12.9. The van der Waals surface area contributed by atoms with Gasteiger partial charge in [-0.3, -0.25) is 10.1 Å². The first-order chi connectivity index (χ1) is 15.0. The van der Waals surface area contributed by atoms with Gasteiger partial charge in [0.2, 0.25) is 5.96 Å². The number of hydrogen-bond acceptors (Lipinski definition) is 5. The smallest absolute Gasteiger partial charge is 0.258 e. The number of guanidine groups is 1. The third-order valence-electron chi connectivity index (χ3n) is 5.84. The zero-order chi connectivity index (χ0) is 22.3. The zero-order valence-electron chi connectivity index (χ0n) is 17.5. The van der Waals surface area contributed by atoms with Crippen LogP contribution in [0.5, 0.6) is 11.5 Å². The standard InChI is InChI=1S/C23H27N5O3/c1-31-19-9-5-8-18(29)20(19)21(30)26-14-23(16-6-3-2-4-7-16)12-10-17(11-13-23)28-22(25)27-15-24/h2-9,17,29H,10-14H2,1H3,(H,26,30)(H3,25,27,28). The molecule has 0 heterocycles. The number of phenolic OH excluding ortho intramolecular Hbond substituents is 1. The van der Waals surface area contributed by atoms with Crippen molar-refractivity contribution in [1.29, 1.82) is 5.26 Å². The van der Waals surface area contributed by atoms with Crippen LogP contribution in [0.1, 0.15) is 41.6 Å². The van der Waals surface area contributed by atoms with Crippen LogP contribution in [-0.2, 0) is 5.41 Å². The van der Waals surface area contributed by atoms with Gasteiger partial charge in [0.05, 0.1) is 13.2 Å². The van der Waals surface area contributed by atoms with Gasteiger partial charge in [-0.1, -0.05) is 36.4 Å². The second kappa shape index (κ2) is 9.85. The summed E-state index contributed by atoms with van der Waals surface area (Å²) in [5, 5.41) is 24.2. The number of aromatic hydroxyl groups is 1. The summed E-state index contributed by atoms with van der Waals surface area (Å²) in [6, 6.07) is 14.8. The highest BCUT2D eigenvalue weighted by molar-refractivity contribution is 5.99. The summed E-state index contributed by atoms with van der Waals surface area (Å²) in [6.07, 6.45) is 4.92. The van der Waals surface area contributed by atoms with E-state index in [0.717, 1.165) is 31.2 Å². The molecule has 0 aromatic heterocycles. The largest absolute Gasteiger partial charge is 0.507 e. The molecule has 0 aliphatic heterocycles. The van der Waals surface area contributed by atoms with E-state index >= 15 is 0 Å². The average molecular weight is 422 g/mol. The van der Waals surface area contributed by atoms with E-state index in [1.54, 1.807) is 18.3 Å². The second-order valence-corrected chi connectivity index (χ2v) is 7.67. The van der Waals surface area contributed by atoms with Gasteiger partial charge in [0.25, 0.3) is 5.91 Å². The van der Waals surface area contributed by atoms with Crippen molar-refractivity contribution in [2.75, 3.05) is 13.7 Å². The first-order valence-corrected chi connectivity index (χ1v) is 10.2. The van der Waals surface area contributed by atoms with Gasteiger partial charge in [-0.05, 0) is 43.4 Å².